The molecular formula is C20H24N2O4. The van der Waals surface area contributed by atoms with Crippen molar-refractivity contribution in [3.8, 4) is 5.75 Å². The van der Waals surface area contributed by atoms with Gasteiger partial charge in [0.15, 0.2) is 0 Å². The van der Waals surface area contributed by atoms with Crippen molar-refractivity contribution < 1.29 is 14.6 Å². The minimum absolute atomic E-state index is 0.223. The Hall–Kier alpha value is -2.60. The monoisotopic (exact) mass is 356 g/mol. The fraction of sp³-hybridized carbons (Fsp3) is 0.400. The van der Waals surface area contributed by atoms with Crippen molar-refractivity contribution in [1.29, 1.82) is 0 Å². The second-order valence-electron chi connectivity index (χ2n) is 6.90. The molecule has 6 heteroatoms. The van der Waals surface area contributed by atoms with Gasteiger partial charge >= 0.3 is 0 Å². The van der Waals surface area contributed by atoms with E-state index < -0.39 is 5.60 Å². The lowest BCUT2D eigenvalue weighted by Crippen LogP contribution is -2.48. The SMILES string of the molecule is COc1ccc([C@@](C)(O)[C@H]2CCCN2C(=O)c2ccn(C)c(=O)c2)cc1. The number of benzene rings is 1. The number of rotatable bonds is 4. The first-order valence-corrected chi connectivity index (χ1v) is 8.69. The van der Waals surface area contributed by atoms with Crippen LogP contribution in [0.25, 0.3) is 0 Å². The van der Waals surface area contributed by atoms with E-state index in [2.05, 4.69) is 0 Å². The molecule has 2 atom stereocenters. The van der Waals surface area contributed by atoms with Crippen LogP contribution in [-0.2, 0) is 12.6 Å². The van der Waals surface area contributed by atoms with Crippen molar-refractivity contribution >= 4 is 5.91 Å². The highest BCUT2D eigenvalue weighted by atomic mass is 16.5. The van der Waals surface area contributed by atoms with E-state index in [-0.39, 0.29) is 17.5 Å². The van der Waals surface area contributed by atoms with Crippen LogP contribution in [0.5, 0.6) is 5.75 Å². The van der Waals surface area contributed by atoms with E-state index in [1.807, 2.05) is 12.1 Å². The number of pyridine rings is 1. The lowest BCUT2D eigenvalue weighted by molar-refractivity contribution is -0.0177. The summed E-state index contributed by atoms with van der Waals surface area (Å²) in [6.07, 6.45) is 3.10. The minimum atomic E-state index is -1.20. The van der Waals surface area contributed by atoms with Crippen LogP contribution in [-0.4, -0.2) is 40.2 Å². The molecule has 1 aliphatic heterocycles. The molecule has 1 saturated heterocycles. The van der Waals surface area contributed by atoms with Gasteiger partial charge in [0.25, 0.3) is 11.5 Å². The molecular weight excluding hydrogens is 332 g/mol. The second-order valence-corrected chi connectivity index (χ2v) is 6.90. The third-order valence-electron chi connectivity index (χ3n) is 5.19. The summed E-state index contributed by atoms with van der Waals surface area (Å²) in [5.74, 6) is 0.489. The molecule has 0 unspecified atom stereocenters. The molecule has 1 fully saturated rings. The van der Waals surface area contributed by atoms with Crippen LogP contribution < -0.4 is 10.3 Å². The normalized spacial score (nSPS) is 19.2. The summed E-state index contributed by atoms with van der Waals surface area (Å²) in [7, 11) is 3.23. The smallest absolute Gasteiger partial charge is 0.254 e. The Morgan fingerprint density at radius 1 is 1.27 bits per heavy atom. The Bertz CT molecular complexity index is 855. The molecule has 0 saturated carbocycles. The van der Waals surface area contributed by atoms with Crippen molar-refractivity contribution in [2.75, 3.05) is 13.7 Å². The molecule has 1 amide bonds. The zero-order valence-corrected chi connectivity index (χ0v) is 15.3. The summed E-state index contributed by atoms with van der Waals surface area (Å²) in [6, 6.07) is 9.86. The fourth-order valence-electron chi connectivity index (χ4n) is 3.56. The summed E-state index contributed by atoms with van der Waals surface area (Å²) >= 11 is 0. The molecule has 1 aliphatic rings. The van der Waals surface area contributed by atoms with Crippen molar-refractivity contribution in [1.82, 2.24) is 9.47 Å². The van der Waals surface area contributed by atoms with Crippen molar-refractivity contribution in [3.05, 3.63) is 64.1 Å². The van der Waals surface area contributed by atoms with Gasteiger partial charge < -0.3 is 19.3 Å². The van der Waals surface area contributed by atoms with Crippen LogP contribution in [0.2, 0.25) is 0 Å². The van der Waals surface area contributed by atoms with E-state index in [0.717, 1.165) is 12.0 Å². The van der Waals surface area contributed by atoms with Gasteiger partial charge in [-0.15, -0.1) is 0 Å². The largest absolute Gasteiger partial charge is 0.497 e. The van der Waals surface area contributed by atoms with Gasteiger partial charge in [-0.25, -0.2) is 0 Å². The van der Waals surface area contributed by atoms with Gasteiger partial charge in [-0.05, 0) is 43.5 Å². The summed E-state index contributed by atoms with van der Waals surface area (Å²) in [5.41, 5.74) is -0.343. The lowest BCUT2D eigenvalue weighted by Gasteiger charge is -2.37. The Labute approximate surface area is 152 Å². The zero-order chi connectivity index (χ0) is 18.9. The number of aryl methyl sites for hydroxylation is 1. The molecule has 0 aliphatic carbocycles. The molecule has 2 heterocycles. The third kappa shape index (κ3) is 3.24. The Morgan fingerprint density at radius 3 is 2.58 bits per heavy atom. The standard InChI is InChI=1S/C20H24N2O4/c1-20(25,15-6-8-16(26-3)9-7-15)17-5-4-11-22(17)19(24)14-10-12-21(2)18(23)13-14/h6-10,12-13,17,25H,4-5,11H2,1-3H3/t17-,20-/m1/s1. The number of carbonyl (C=O) groups excluding carboxylic acids is 1. The fourth-order valence-corrected chi connectivity index (χ4v) is 3.56. The molecule has 0 bridgehead atoms. The van der Waals surface area contributed by atoms with Gasteiger partial charge in [0.2, 0.25) is 0 Å². The molecule has 0 spiro atoms. The van der Waals surface area contributed by atoms with Crippen LogP contribution in [0.4, 0.5) is 0 Å². The average Bonchev–Trinajstić information content (AvgIpc) is 3.14. The minimum Gasteiger partial charge on any atom is -0.497 e. The number of likely N-dealkylation sites (tertiary alicyclic amines) is 1. The first kappa shape index (κ1) is 18.2. The van der Waals surface area contributed by atoms with Crippen LogP contribution in [0.3, 0.4) is 0 Å². The predicted octanol–water partition coefficient (Wildman–Crippen LogP) is 1.91. The first-order chi connectivity index (χ1) is 12.3. The topological polar surface area (TPSA) is 71.8 Å². The van der Waals surface area contributed by atoms with E-state index in [4.69, 9.17) is 4.74 Å². The van der Waals surface area contributed by atoms with E-state index in [1.165, 1.54) is 10.6 Å². The predicted molar refractivity (Wildman–Crippen MR) is 98.3 cm³/mol. The summed E-state index contributed by atoms with van der Waals surface area (Å²) in [4.78, 5) is 26.5. The summed E-state index contributed by atoms with van der Waals surface area (Å²) in [6.45, 7) is 2.29. The molecule has 26 heavy (non-hydrogen) atoms. The highest BCUT2D eigenvalue weighted by Gasteiger charge is 2.42. The van der Waals surface area contributed by atoms with Gasteiger partial charge in [0, 0.05) is 31.4 Å². The third-order valence-corrected chi connectivity index (χ3v) is 5.19. The quantitative estimate of drug-likeness (QED) is 0.908. The molecule has 6 nitrogen and oxygen atoms in total. The highest BCUT2D eigenvalue weighted by molar-refractivity contribution is 5.94. The average molecular weight is 356 g/mol. The first-order valence-electron chi connectivity index (χ1n) is 8.69. The van der Waals surface area contributed by atoms with Gasteiger partial charge in [0.1, 0.15) is 11.4 Å². The van der Waals surface area contributed by atoms with Gasteiger partial charge in [-0.1, -0.05) is 12.1 Å². The van der Waals surface area contributed by atoms with E-state index >= 15 is 0 Å². The van der Waals surface area contributed by atoms with E-state index in [0.29, 0.717) is 24.3 Å². The van der Waals surface area contributed by atoms with Crippen molar-refractivity contribution in [3.63, 3.8) is 0 Å². The number of nitrogens with zero attached hydrogens (tertiary/aromatic N) is 2. The van der Waals surface area contributed by atoms with E-state index in [9.17, 15) is 14.7 Å². The van der Waals surface area contributed by atoms with E-state index in [1.54, 1.807) is 50.4 Å². The number of carbonyl (C=O) groups is 1. The number of hydrogen-bond acceptors (Lipinski definition) is 4. The van der Waals surface area contributed by atoms with Crippen LogP contribution in [0, 0.1) is 0 Å². The number of amides is 1. The Kier molecular flexibility index (Phi) is 4.87. The van der Waals surface area contributed by atoms with Crippen LogP contribution in [0.15, 0.2) is 47.4 Å². The van der Waals surface area contributed by atoms with Gasteiger partial charge in [-0.2, -0.15) is 0 Å². The second kappa shape index (κ2) is 6.96. The molecule has 0 radical (unpaired) electrons. The molecule has 1 aromatic carbocycles. The maximum Gasteiger partial charge on any atom is 0.254 e. The number of aliphatic hydroxyl groups is 1. The molecule has 138 valence electrons. The summed E-state index contributed by atoms with van der Waals surface area (Å²) < 4.78 is 6.59. The van der Waals surface area contributed by atoms with Crippen LogP contribution >= 0.6 is 0 Å². The van der Waals surface area contributed by atoms with Crippen molar-refractivity contribution in [2.45, 2.75) is 31.4 Å². The maximum absolute atomic E-state index is 12.9. The molecule has 2 aromatic rings. The molecule has 1 N–H and O–H groups in total. The lowest BCUT2D eigenvalue weighted by atomic mass is 9.86. The Balaban J connectivity index is 1.89. The number of aromatic nitrogens is 1. The summed E-state index contributed by atoms with van der Waals surface area (Å²) in [5, 5.41) is 11.2. The number of hydrogen-bond donors (Lipinski definition) is 1. The number of methoxy groups -OCH3 is 1. The van der Waals surface area contributed by atoms with Gasteiger partial charge in [-0.3, -0.25) is 9.59 Å². The highest BCUT2D eigenvalue weighted by Crippen LogP contribution is 2.36. The number of ether oxygens (including phenoxy) is 1. The maximum atomic E-state index is 12.9. The van der Waals surface area contributed by atoms with Crippen molar-refractivity contribution in [2.24, 2.45) is 7.05 Å². The Morgan fingerprint density at radius 2 is 1.96 bits per heavy atom. The van der Waals surface area contributed by atoms with Gasteiger partial charge in [0.05, 0.1) is 13.2 Å². The molecule has 3 rings (SSSR count). The zero-order valence-electron chi connectivity index (χ0n) is 15.3. The van der Waals surface area contributed by atoms with Crippen LogP contribution in [0.1, 0.15) is 35.7 Å². The molecule has 1 aromatic heterocycles.